The highest BCUT2D eigenvalue weighted by Gasteiger charge is 2.34. The minimum Gasteiger partial charge on any atom is -0.383 e. The molecule has 1 aliphatic rings. The van der Waals surface area contributed by atoms with Crippen LogP contribution in [0.1, 0.15) is 36.9 Å². The Morgan fingerprint density at radius 1 is 1.31 bits per heavy atom. The van der Waals surface area contributed by atoms with E-state index in [9.17, 15) is 9.59 Å². The molecule has 2 atom stereocenters. The molecule has 2 aromatic rings. The Kier molecular flexibility index (Phi) is 5.16. The maximum Gasteiger partial charge on any atom is 0.313 e. The lowest BCUT2D eigenvalue weighted by molar-refractivity contribution is -0.146. The Balaban J connectivity index is 1.78. The summed E-state index contributed by atoms with van der Waals surface area (Å²) in [6.45, 7) is 4.43. The van der Waals surface area contributed by atoms with Crippen LogP contribution in [-0.2, 0) is 9.59 Å². The lowest BCUT2D eigenvalue weighted by Gasteiger charge is -2.38. The van der Waals surface area contributed by atoms with E-state index in [4.69, 9.17) is 5.73 Å². The zero-order valence-electron chi connectivity index (χ0n) is 15.0. The third-order valence-electron chi connectivity index (χ3n) is 4.72. The van der Waals surface area contributed by atoms with Crippen LogP contribution in [0.3, 0.4) is 0 Å². The van der Waals surface area contributed by atoms with E-state index < -0.39 is 11.8 Å². The van der Waals surface area contributed by atoms with Gasteiger partial charge in [-0.3, -0.25) is 14.6 Å². The predicted octanol–water partition coefficient (Wildman–Crippen LogP) is 2.31. The van der Waals surface area contributed by atoms with Gasteiger partial charge in [0.25, 0.3) is 0 Å². The lowest BCUT2D eigenvalue weighted by Crippen LogP contribution is -2.46. The first-order valence-electron chi connectivity index (χ1n) is 8.69. The summed E-state index contributed by atoms with van der Waals surface area (Å²) >= 11 is 0. The fourth-order valence-corrected chi connectivity index (χ4v) is 3.27. The zero-order valence-corrected chi connectivity index (χ0v) is 15.0. The smallest absolute Gasteiger partial charge is 0.313 e. The van der Waals surface area contributed by atoms with Gasteiger partial charge in [0.2, 0.25) is 0 Å². The number of nitrogens with zero attached hydrogens (tertiary/aromatic N) is 3. The second-order valence-electron chi connectivity index (χ2n) is 6.82. The standard InChI is InChI=1S/C19H23N5O2/c1-12-5-6-16(14-4-3-7-21-9-14)24(11-12)19(26)18(25)23-15-8-13(2)17(20)22-10-15/h3-4,7-10,12,16H,5-6,11H2,1-2H3,(H2,20,22)(H,23,25)/t12-,16+/m0/s1. The molecule has 3 rings (SSSR count). The molecular weight excluding hydrogens is 330 g/mol. The maximum absolute atomic E-state index is 12.8. The number of nitrogens with two attached hydrogens (primary N) is 1. The van der Waals surface area contributed by atoms with Crippen molar-refractivity contribution in [3.8, 4) is 0 Å². The number of nitrogen functional groups attached to an aromatic ring is 1. The molecule has 0 unspecified atom stereocenters. The first kappa shape index (κ1) is 17.8. The third-order valence-corrected chi connectivity index (χ3v) is 4.72. The average molecular weight is 353 g/mol. The van der Waals surface area contributed by atoms with Gasteiger partial charge in [-0.1, -0.05) is 13.0 Å². The summed E-state index contributed by atoms with van der Waals surface area (Å²) in [6.07, 6.45) is 6.72. The minimum absolute atomic E-state index is 0.135. The number of nitrogens with one attached hydrogen (secondary N) is 1. The molecule has 0 aliphatic carbocycles. The first-order chi connectivity index (χ1) is 12.5. The number of rotatable bonds is 2. The highest BCUT2D eigenvalue weighted by atomic mass is 16.2. The van der Waals surface area contributed by atoms with Gasteiger partial charge < -0.3 is 16.0 Å². The van der Waals surface area contributed by atoms with Gasteiger partial charge in [-0.2, -0.15) is 0 Å². The van der Waals surface area contributed by atoms with Crippen LogP contribution in [0.2, 0.25) is 0 Å². The SMILES string of the molecule is Cc1cc(NC(=O)C(=O)N2C[C@@H](C)CC[C@@H]2c2cccnc2)cnc1N. The second kappa shape index (κ2) is 7.51. The lowest BCUT2D eigenvalue weighted by atomic mass is 9.90. The van der Waals surface area contributed by atoms with E-state index in [1.807, 2.05) is 12.1 Å². The summed E-state index contributed by atoms with van der Waals surface area (Å²) in [5.74, 6) is -0.463. The molecule has 1 fully saturated rings. The van der Waals surface area contributed by atoms with E-state index in [1.54, 1.807) is 30.3 Å². The van der Waals surface area contributed by atoms with Crippen LogP contribution < -0.4 is 11.1 Å². The van der Waals surface area contributed by atoms with Crippen molar-refractivity contribution in [2.45, 2.75) is 32.7 Å². The summed E-state index contributed by atoms with van der Waals surface area (Å²) in [4.78, 5) is 35.2. The number of aryl methyl sites for hydroxylation is 1. The van der Waals surface area contributed by atoms with E-state index in [2.05, 4.69) is 22.2 Å². The van der Waals surface area contributed by atoms with Gasteiger partial charge in [0, 0.05) is 18.9 Å². The molecule has 26 heavy (non-hydrogen) atoms. The summed E-state index contributed by atoms with van der Waals surface area (Å²) < 4.78 is 0. The number of anilines is 2. The number of carbonyl (C=O) groups is 2. The van der Waals surface area contributed by atoms with Crippen molar-refractivity contribution in [3.63, 3.8) is 0 Å². The van der Waals surface area contributed by atoms with Crippen LogP contribution in [0.5, 0.6) is 0 Å². The number of hydrogen-bond donors (Lipinski definition) is 2. The van der Waals surface area contributed by atoms with Crippen LogP contribution in [0, 0.1) is 12.8 Å². The van der Waals surface area contributed by atoms with Crippen molar-refractivity contribution >= 4 is 23.3 Å². The number of carbonyl (C=O) groups excluding carboxylic acids is 2. The van der Waals surface area contributed by atoms with Gasteiger partial charge >= 0.3 is 11.8 Å². The van der Waals surface area contributed by atoms with Crippen molar-refractivity contribution in [1.29, 1.82) is 0 Å². The fraction of sp³-hybridized carbons (Fsp3) is 0.368. The van der Waals surface area contributed by atoms with Gasteiger partial charge in [0.15, 0.2) is 0 Å². The average Bonchev–Trinajstić information content (AvgIpc) is 2.64. The molecule has 0 aromatic carbocycles. The summed E-state index contributed by atoms with van der Waals surface area (Å²) in [5.41, 5.74) is 7.84. The van der Waals surface area contributed by atoms with Crippen LogP contribution in [0.25, 0.3) is 0 Å². The summed E-state index contributed by atoms with van der Waals surface area (Å²) in [5, 5.41) is 2.63. The number of hydrogen-bond acceptors (Lipinski definition) is 5. The Bertz CT molecular complexity index is 809. The topological polar surface area (TPSA) is 101 Å². The molecule has 136 valence electrons. The molecule has 1 aliphatic heterocycles. The van der Waals surface area contributed by atoms with Crippen LogP contribution >= 0.6 is 0 Å². The molecule has 0 saturated carbocycles. The minimum atomic E-state index is -0.668. The quantitative estimate of drug-likeness (QED) is 0.807. The Labute approximate surface area is 152 Å². The number of piperidine rings is 1. The van der Waals surface area contributed by atoms with Crippen LogP contribution in [-0.4, -0.2) is 33.2 Å². The highest BCUT2D eigenvalue weighted by molar-refractivity contribution is 6.39. The Hall–Kier alpha value is -2.96. The van der Waals surface area contributed by atoms with Crippen molar-refractivity contribution in [1.82, 2.24) is 14.9 Å². The molecule has 2 aromatic heterocycles. The van der Waals surface area contributed by atoms with Gasteiger partial charge in [-0.15, -0.1) is 0 Å². The number of amides is 2. The Morgan fingerprint density at radius 3 is 2.81 bits per heavy atom. The third kappa shape index (κ3) is 3.82. The molecule has 2 amide bonds. The van der Waals surface area contributed by atoms with E-state index in [0.717, 1.165) is 24.0 Å². The number of pyridine rings is 2. The van der Waals surface area contributed by atoms with Gasteiger partial charge in [0.05, 0.1) is 17.9 Å². The monoisotopic (exact) mass is 353 g/mol. The Morgan fingerprint density at radius 2 is 2.12 bits per heavy atom. The predicted molar refractivity (Wildman–Crippen MR) is 99.1 cm³/mol. The van der Waals surface area contributed by atoms with Crippen LogP contribution in [0.15, 0.2) is 36.8 Å². The van der Waals surface area contributed by atoms with Gasteiger partial charge in [-0.05, 0) is 48.9 Å². The van der Waals surface area contributed by atoms with E-state index >= 15 is 0 Å². The summed E-state index contributed by atoms with van der Waals surface area (Å²) in [6, 6.07) is 5.35. The second-order valence-corrected chi connectivity index (χ2v) is 6.82. The highest BCUT2D eigenvalue weighted by Crippen LogP contribution is 2.33. The van der Waals surface area contributed by atoms with Crippen molar-refractivity contribution in [2.24, 2.45) is 5.92 Å². The van der Waals surface area contributed by atoms with Crippen LogP contribution in [0.4, 0.5) is 11.5 Å². The normalized spacial score (nSPS) is 19.8. The largest absolute Gasteiger partial charge is 0.383 e. The number of aromatic nitrogens is 2. The molecule has 3 N–H and O–H groups in total. The zero-order chi connectivity index (χ0) is 18.7. The van der Waals surface area contributed by atoms with Gasteiger partial charge in [-0.25, -0.2) is 4.98 Å². The molecule has 1 saturated heterocycles. The molecule has 0 bridgehead atoms. The first-order valence-corrected chi connectivity index (χ1v) is 8.69. The van der Waals surface area contributed by atoms with Crippen molar-refractivity contribution in [3.05, 3.63) is 47.9 Å². The van der Waals surface area contributed by atoms with Gasteiger partial charge in [0.1, 0.15) is 5.82 Å². The van der Waals surface area contributed by atoms with E-state index in [0.29, 0.717) is 24.0 Å². The fourth-order valence-electron chi connectivity index (χ4n) is 3.27. The van der Waals surface area contributed by atoms with E-state index in [1.165, 1.54) is 6.20 Å². The molecular formula is C19H23N5O2. The van der Waals surface area contributed by atoms with E-state index in [-0.39, 0.29) is 6.04 Å². The molecule has 0 spiro atoms. The molecule has 0 radical (unpaired) electrons. The maximum atomic E-state index is 12.8. The molecule has 7 heteroatoms. The van der Waals surface area contributed by atoms with Crippen molar-refractivity contribution in [2.75, 3.05) is 17.6 Å². The molecule has 3 heterocycles. The van der Waals surface area contributed by atoms with Crippen molar-refractivity contribution < 1.29 is 9.59 Å². The number of likely N-dealkylation sites (tertiary alicyclic amines) is 1. The summed E-state index contributed by atoms with van der Waals surface area (Å²) in [7, 11) is 0. The molecule has 7 nitrogen and oxygen atoms in total.